The fourth-order valence-electron chi connectivity index (χ4n) is 2.67. The molecule has 2 N–H and O–H groups in total. The maximum Gasteiger partial charge on any atom is 0.273 e. The predicted molar refractivity (Wildman–Crippen MR) is 112 cm³/mol. The Labute approximate surface area is 174 Å². The Hall–Kier alpha value is -4.00. The van der Waals surface area contributed by atoms with Crippen LogP contribution in [-0.4, -0.2) is 26.0 Å². The van der Waals surface area contributed by atoms with Gasteiger partial charge < -0.3 is 14.2 Å². The van der Waals surface area contributed by atoms with E-state index in [1.807, 2.05) is 30.3 Å². The highest BCUT2D eigenvalue weighted by atomic mass is 16.5. The fraction of sp³-hybridized carbons (Fsp3) is 0.130. The highest BCUT2D eigenvalue weighted by Crippen LogP contribution is 2.24. The third-order valence-corrected chi connectivity index (χ3v) is 4.31. The quantitative estimate of drug-likeness (QED) is 0.588. The fourth-order valence-corrected chi connectivity index (χ4v) is 2.67. The number of hydrogen-bond acceptors (Lipinski definition) is 5. The van der Waals surface area contributed by atoms with Crippen LogP contribution in [0.3, 0.4) is 0 Å². The van der Waals surface area contributed by atoms with Gasteiger partial charge in [0.2, 0.25) is 0 Å². The maximum atomic E-state index is 12.4. The van der Waals surface area contributed by atoms with E-state index in [4.69, 9.17) is 14.2 Å². The highest BCUT2D eigenvalue weighted by Gasteiger charge is 2.14. The average Bonchev–Trinajstić information content (AvgIpc) is 2.81. The van der Waals surface area contributed by atoms with E-state index in [2.05, 4.69) is 10.9 Å². The summed E-state index contributed by atoms with van der Waals surface area (Å²) in [5.74, 6) is 0.728. The Morgan fingerprint density at radius 2 is 1.47 bits per heavy atom. The van der Waals surface area contributed by atoms with Crippen LogP contribution in [0.2, 0.25) is 0 Å². The normalized spacial score (nSPS) is 10.1. The predicted octanol–water partition coefficient (Wildman–Crippen LogP) is 3.36. The number of nitrogens with one attached hydrogen (secondary N) is 2. The monoisotopic (exact) mass is 406 g/mol. The summed E-state index contributed by atoms with van der Waals surface area (Å²) in [4.78, 5) is 24.7. The van der Waals surface area contributed by atoms with Gasteiger partial charge in [-0.3, -0.25) is 20.4 Å². The maximum absolute atomic E-state index is 12.4. The van der Waals surface area contributed by atoms with Crippen LogP contribution < -0.4 is 25.1 Å². The zero-order valence-electron chi connectivity index (χ0n) is 16.7. The van der Waals surface area contributed by atoms with Crippen molar-refractivity contribution >= 4 is 11.8 Å². The summed E-state index contributed by atoms with van der Waals surface area (Å²) in [5, 5.41) is 0. The first kappa shape index (κ1) is 20.7. The summed E-state index contributed by atoms with van der Waals surface area (Å²) in [7, 11) is 2.97. The van der Waals surface area contributed by atoms with Crippen LogP contribution in [0, 0.1) is 0 Å². The van der Waals surface area contributed by atoms with Gasteiger partial charge in [-0.1, -0.05) is 30.3 Å². The Morgan fingerprint density at radius 1 is 0.767 bits per heavy atom. The van der Waals surface area contributed by atoms with Crippen LogP contribution in [0.25, 0.3) is 0 Å². The van der Waals surface area contributed by atoms with Gasteiger partial charge in [0.05, 0.1) is 19.8 Å². The molecule has 7 nitrogen and oxygen atoms in total. The molecule has 30 heavy (non-hydrogen) atoms. The van der Waals surface area contributed by atoms with Crippen LogP contribution in [0.15, 0.2) is 72.8 Å². The van der Waals surface area contributed by atoms with Gasteiger partial charge in [0.1, 0.15) is 23.9 Å². The Balaban J connectivity index is 1.55. The van der Waals surface area contributed by atoms with E-state index in [1.165, 1.54) is 14.2 Å². The van der Waals surface area contributed by atoms with Crippen LogP contribution in [0.5, 0.6) is 17.2 Å². The molecule has 0 saturated carbocycles. The van der Waals surface area contributed by atoms with Crippen molar-refractivity contribution < 1.29 is 23.8 Å². The van der Waals surface area contributed by atoms with Crippen molar-refractivity contribution in [3.63, 3.8) is 0 Å². The second-order valence-electron chi connectivity index (χ2n) is 6.27. The van der Waals surface area contributed by atoms with E-state index < -0.39 is 11.8 Å². The molecular formula is C23H22N2O5. The lowest BCUT2D eigenvalue weighted by molar-refractivity contribution is 0.0845. The van der Waals surface area contributed by atoms with Crippen LogP contribution >= 0.6 is 0 Å². The molecule has 0 spiro atoms. The Morgan fingerprint density at radius 3 is 2.13 bits per heavy atom. The molecule has 0 saturated heterocycles. The number of hydrazine groups is 1. The summed E-state index contributed by atoms with van der Waals surface area (Å²) in [6, 6.07) is 21.2. The molecule has 0 aliphatic heterocycles. The summed E-state index contributed by atoms with van der Waals surface area (Å²) in [6.45, 7) is 0.389. The third kappa shape index (κ3) is 5.29. The number of rotatable bonds is 7. The number of ether oxygens (including phenoxy) is 3. The number of benzene rings is 3. The van der Waals surface area contributed by atoms with Crippen molar-refractivity contribution in [2.75, 3.05) is 14.2 Å². The smallest absolute Gasteiger partial charge is 0.273 e. The van der Waals surface area contributed by atoms with Gasteiger partial charge in [-0.25, -0.2) is 0 Å². The molecule has 0 atom stereocenters. The molecule has 7 heteroatoms. The molecule has 0 aliphatic carbocycles. The average molecular weight is 406 g/mol. The molecular weight excluding hydrogens is 384 g/mol. The second kappa shape index (κ2) is 9.97. The summed E-state index contributed by atoms with van der Waals surface area (Å²) in [6.07, 6.45) is 0. The van der Waals surface area contributed by atoms with Crippen LogP contribution in [0.4, 0.5) is 0 Å². The lowest BCUT2D eigenvalue weighted by Gasteiger charge is -2.12. The van der Waals surface area contributed by atoms with E-state index in [0.29, 0.717) is 23.7 Å². The lowest BCUT2D eigenvalue weighted by atomic mass is 10.1. The number of amides is 2. The van der Waals surface area contributed by atoms with Gasteiger partial charge in [-0.15, -0.1) is 0 Å². The second-order valence-corrected chi connectivity index (χ2v) is 6.27. The first-order chi connectivity index (χ1) is 14.6. The summed E-state index contributed by atoms with van der Waals surface area (Å²) < 4.78 is 16.0. The Kier molecular flexibility index (Phi) is 6.89. The number of methoxy groups -OCH3 is 2. The molecule has 154 valence electrons. The zero-order valence-corrected chi connectivity index (χ0v) is 16.7. The van der Waals surface area contributed by atoms with Crippen molar-refractivity contribution in [3.8, 4) is 17.2 Å². The molecule has 0 heterocycles. The third-order valence-electron chi connectivity index (χ3n) is 4.31. The van der Waals surface area contributed by atoms with Gasteiger partial charge in [-0.05, 0) is 42.0 Å². The number of hydrogen-bond donors (Lipinski definition) is 2. The lowest BCUT2D eigenvalue weighted by Crippen LogP contribution is -2.41. The minimum Gasteiger partial charge on any atom is -0.497 e. The van der Waals surface area contributed by atoms with Crippen molar-refractivity contribution in [2.24, 2.45) is 0 Å². The van der Waals surface area contributed by atoms with E-state index in [9.17, 15) is 9.59 Å². The van der Waals surface area contributed by atoms with Gasteiger partial charge in [0.25, 0.3) is 11.8 Å². The van der Waals surface area contributed by atoms with Crippen LogP contribution in [0.1, 0.15) is 26.3 Å². The largest absolute Gasteiger partial charge is 0.497 e. The topological polar surface area (TPSA) is 85.9 Å². The SMILES string of the molecule is COc1ccc(C(=O)NNC(=O)c2ccc(COc3ccccc3)cc2)c(OC)c1. The van der Waals surface area contributed by atoms with Crippen LogP contribution in [-0.2, 0) is 6.61 Å². The number of para-hydroxylation sites is 1. The van der Waals surface area contributed by atoms with Gasteiger partial charge in [0.15, 0.2) is 0 Å². The molecule has 3 aromatic rings. The van der Waals surface area contributed by atoms with E-state index in [1.54, 1.807) is 42.5 Å². The van der Waals surface area contributed by atoms with Crippen molar-refractivity contribution in [2.45, 2.75) is 6.61 Å². The summed E-state index contributed by atoms with van der Waals surface area (Å²) in [5.41, 5.74) is 6.38. The molecule has 0 bridgehead atoms. The first-order valence-corrected chi connectivity index (χ1v) is 9.20. The van der Waals surface area contributed by atoms with Gasteiger partial charge in [0, 0.05) is 11.6 Å². The highest BCUT2D eigenvalue weighted by molar-refractivity contribution is 6.00. The zero-order chi connectivity index (χ0) is 21.3. The first-order valence-electron chi connectivity index (χ1n) is 9.20. The number of carbonyl (C=O) groups excluding carboxylic acids is 2. The van der Waals surface area contributed by atoms with E-state index >= 15 is 0 Å². The Bertz CT molecular complexity index is 1000. The van der Waals surface area contributed by atoms with E-state index in [0.717, 1.165) is 11.3 Å². The number of carbonyl (C=O) groups is 2. The molecule has 2 amide bonds. The van der Waals surface area contributed by atoms with Crippen molar-refractivity contribution in [3.05, 3.63) is 89.5 Å². The molecule has 0 aromatic heterocycles. The minimum absolute atomic E-state index is 0.270. The summed E-state index contributed by atoms with van der Waals surface area (Å²) >= 11 is 0. The molecule has 3 rings (SSSR count). The van der Waals surface area contributed by atoms with Crippen molar-refractivity contribution in [1.29, 1.82) is 0 Å². The molecule has 0 radical (unpaired) electrons. The minimum atomic E-state index is -0.504. The van der Waals surface area contributed by atoms with Gasteiger partial charge in [-0.2, -0.15) is 0 Å². The molecule has 0 fully saturated rings. The van der Waals surface area contributed by atoms with Gasteiger partial charge >= 0.3 is 0 Å². The molecule has 0 aliphatic rings. The van der Waals surface area contributed by atoms with E-state index in [-0.39, 0.29) is 5.56 Å². The standard InChI is InChI=1S/C23H22N2O5/c1-28-19-12-13-20(21(14-19)29-2)23(27)25-24-22(26)17-10-8-16(9-11-17)15-30-18-6-4-3-5-7-18/h3-14H,15H2,1-2H3,(H,24,26)(H,25,27). The van der Waals surface area contributed by atoms with Crippen molar-refractivity contribution in [1.82, 2.24) is 10.9 Å². The molecule has 3 aromatic carbocycles. The molecule has 0 unspecified atom stereocenters.